The molecule has 1 aromatic rings. The highest BCUT2D eigenvalue weighted by molar-refractivity contribution is 6.31. The highest BCUT2D eigenvalue weighted by atomic mass is 35.5. The van der Waals surface area contributed by atoms with Crippen LogP contribution >= 0.6 is 11.6 Å². The lowest BCUT2D eigenvalue weighted by molar-refractivity contribution is -0.184. The molecule has 0 aromatic heterocycles. The van der Waals surface area contributed by atoms with Crippen LogP contribution in [0.5, 0.6) is 0 Å². The molecule has 1 aliphatic heterocycles. The van der Waals surface area contributed by atoms with Gasteiger partial charge in [0.15, 0.2) is 6.29 Å². The molecule has 0 radical (unpaired) electrons. The zero-order valence-electron chi connectivity index (χ0n) is 14.8. The fraction of sp³-hybridized carbons (Fsp3) is 0.700. The fourth-order valence-corrected chi connectivity index (χ4v) is 5.91. The lowest BCUT2D eigenvalue weighted by Gasteiger charge is -2.38. The zero-order valence-corrected chi connectivity index (χ0v) is 15.6. The van der Waals surface area contributed by atoms with Crippen LogP contribution < -0.4 is 5.73 Å². The molecule has 0 unspecified atom stereocenters. The molecule has 1 heterocycles. The SMILES string of the molecule is CC1(C)[C@@H]2CC[C@@]1(C)[C@H]1O[C@H](O[C@@H](N)Cc3ccccc3Cl)C[C@@H]21. The number of ether oxygens (including phenoxy) is 2. The molecule has 132 valence electrons. The van der Waals surface area contributed by atoms with Crippen LogP contribution in [0.2, 0.25) is 5.02 Å². The van der Waals surface area contributed by atoms with Crippen LogP contribution in [-0.2, 0) is 15.9 Å². The van der Waals surface area contributed by atoms with E-state index in [4.69, 9.17) is 26.8 Å². The maximum atomic E-state index is 6.36. The first-order valence-electron chi connectivity index (χ1n) is 9.13. The van der Waals surface area contributed by atoms with Crippen LogP contribution in [-0.4, -0.2) is 18.6 Å². The third-order valence-electron chi connectivity index (χ3n) is 7.38. The van der Waals surface area contributed by atoms with Crippen LogP contribution in [0.15, 0.2) is 24.3 Å². The van der Waals surface area contributed by atoms with Crippen molar-refractivity contribution in [3.63, 3.8) is 0 Å². The maximum Gasteiger partial charge on any atom is 0.160 e. The molecule has 4 heteroatoms. The second-order valence-corrected chi connectivity index (χ2v) is 9.05. The van der Waals surface area contributed by atoms with E-state index < -0.39 is 0 Å². The van der Waals surface area contributed by atoms with E-state index in [1.165, 1.54) is 12.8 Å². The molecule has 4 rings (SSSR count). The monoisotopic (exact) mass is 349 g/mol. The molecule has 3 aliphatic rings. The molecule has 2 N–H and O–H groups in total. The van der Waals surface area contributed by atoms with Crippen LogP contribution in [0.25, 0.3) is 0 Å². The minimum atomic E-state index is -0.382. The number of rotatable bonds is 4. The van der Waals surface area contributed by atoms with Crippen molar-refractivity contribution < 1.29 is 9.47 Å². The van der Waals surface area contributed by atoms with Gasteiger partial charge in [-0.25, -0.2) is 0 Å². The summed E-state index contributed by atoms with van der Waals surface area (Å²) in [5, 5.41) is 0.744. The average molecular weight is 350 g/mol. The molecule has 1 aromatic carbocycles. The van der Waals surface area contributed by atoms with E-state index >= 15 is 0 Å². The van der Waals surface area contributed by atoms with E-state index in [0.29, 0.717) is 23.9 Å². The second kappa shape index (κ2) is 5.70. The molecule has 24 heavy (non-hydrogen) atoms. The Morgan fingerprint density at radius 1 is 1.33 bits per heavy atom. The Morgan fingerprint density at radius 3 is 2.79 bits per heavy atom. The van der Waals surface area contributed by atoms with Crippen LogP contribution in [0.1, 0.15) is 45.6 Å². The average Bonchev–Trinajstić information content (AvgIpc) is 3.07. The quantitative estimate of drug-likeness (QED) is 0.821. The van der Waals surface area contributed by atoms with Gasteiger partial charge in [0, 0.05) is 17.9 Å². The third kappa shape index (κ3) is 2.36. The van der Waals surface area contributed by atoms with E-state index in [0.717, 1.165) is 22.9 Å². The van der Waals surface area contributed by atoms with Crippen molar-refractivity contribution in [1.29, 1.82) is 0 Å². The summed E-state index contributed by atoms with van der Waals surface area (Å²) in [5.41, 5.74) is 7.88. The van der Waals surface area contributed by atoms with Gasteiger partial charge in [-0.1, -0.05) is 50.6 Å². The Kier molecular flexibility index (Phi) is 4.00. The highest BCUT2D eigenvalue weighted by Crippen LogP contribution is 2.71. The van der Waals surface area contributed by atoms with Gasteiger partial charge in [0.2, 0.25) is 0 Å². The van der Waals surface area contributed by atoms with Crippen LogP contribution in [0, 0.1) is 22.7 Å². The molecule has 6 atom stereocenters. The Labute approximate surface area is 149 Å². The molecular weight excluding hydrogens is 322 g/mol. The summed E-state index contributed by atoms with van der Waals surface area (Å²) in [4.78, 5) is 0. The Balaban J connectivity index is 1.40. The van der Waals surface area contributed by atoms with Crippen molar-refractivity contribution >= 4 is 11.6 Å². The first kappa shape index (κ1) is 16.8. The van der Waals surface area contributed by atoms with Crippen molar-refractivity contribution in [3.8, 4) is 0 Å². The van der Waals surface area contributed by atoms with E-state index in [2.05, 4.69) is 20.8 Å². The zero-order chi connectivity index (χ0) is 17.1. The summed E-state index contributed by atoms with van der Waals surface area (Å²) < 4.78 is 12.4. The van der Waals surface area contributed by atoms with Gasteiger partial charge in [-0.15, -0.1) is 0 Å². The Hall–Kier alpha value is -0.610. The lowest BCUT2D eigenvalue weighted by atomic mass is 9.70. The lowest BCUT2D eigenvalue weighted by Crippen LogP contribution is -2.39. The van der Waals surface area contributed by atoms with E-state index in [1.54, 1.807) is 0 Å². The van der Waals surface area contributed by atoms with E-state index in [9.17, 15) is 0 Å². The molecule has 3 nitrogen and oxygen atoms in total. The first-order valence-corrected chi connectivity index (χ1v) is 9.50. The summed E-state index contributed by atoms with van der Waals surface area (Å²) in [6, 6.07) is 7.79. The number of fused-ring (bicyclic) bond motifs is 5. The molecule has 2 saturated carbocycles. The fourth-order valence-electron chi connectivity index (χ4n) is 5.70. The van der Waals surface area contributed by atoms with Gasteiger partial charge < -0.3 is 15.2 Å². The smallest absolute Gasteiger partial charge is 0.160 e. The number of hydrogen-bond donors (Lipinski definition) is 1. The summed E-state index contributed by atoms with van der Waals surface area (Å²) in [6.07, 6.45) is 3.95. The molecule has 3 fully saturated rings. The van der Waals surface area contributed by atoms with Crippen molar-refractivity contribution in [2.75, 3.05) is 0 Å². The summed E-state index contributed by atoms with van der Waals surface area (Å²) in [6.45, 7) is 7.25. The van der Waals surface area contributed by atoms with Gasteiger partial charge in [0.1, 0.15) is 6.23 Å². The van der Waals surface area contributed by atoms with Crippen molar-refractivity contribution in [3.05, 3.63) is 34.9 Å². The van der Waals surface area contributed by atoms with E-state index in [-0.39, 0.29) is 17.9 Å². The minimum absolute atomic E-state index is 0.173. The number of hydrogen-bond acceptors (Lipinski definition) is 3. The number of benzene rings is 1. The van der Waals surface area contributed by atoms with Crippen molar-refractivity contribution in [1.82, 2.24) is 0 Å². The molecule has 2 bridgehead atoms. The molecule has 0 spiro atoms. The predicted molar refractivity (Wildman–Crippen MR) is 95.6 cm³/mol. The summed E-state index contributed by atoms with van der Waals surface area (Å²) >= 11 is 6.22. The molecular formula is C20H28ClNO2. The minimum Gasteiger partial charge on any atom is -0.348 e. The van der Waals surface area contributed by atoms with Crippen LogP contribution in [0.3, 0.4) is 0 Å². The summed E-state index contributed by atoms with van der Waals surface area (Å²) in [7, 11) is 0. The van der Waals surface area contributed by atoms with Crippen molar-refractivity contribution in [2.45, 2.75) is 65.1 Å². The summed E-state index contributed by atoms with van der Waals surface area (Å²) in [5.74, 6) is 1.37. The second-order valence-electron chi connectivity index (χ2n) is 8.64. The predicted octanol–water partition coefficient (Wildman–Crippen LogP) is 4.37. The van der Waals surface area contributed by atoms with Gasteiger partial charge in [0.05, 0.1) is 6.10 Å². The number of nitrogens with two attached hydrogens (primary N) is 1. The van der Waals surface area contributed by atoms with Gasteiger partial charge in [-0.3, -0.25) is 0 Å². The Bertz CT molecular complexity index is 634. The normalized spacial score (nSPS) is 40.7. The first-order chi connectivity index (χ1) is 11.3. The van der Waals surface area contributed by atoms with Gasteiger partial charge in [-0.2, -0.15) is 0 Å². The Morgan fingerprint density at radius 2 is 2.08 bits per heavy atom. The largest absolute Gasteiger partial charge is 0.348 e. The van der Waals surface area contributed by atoms with Crippen molar-refractivity contribution in [2.24, 2.45) is 28.4 Å². The van der Waals surface area contributed by atoms with E-state index in [1.807, 2.05) is 24.3 Å². The number of halogens is 1. The van der Waals surface area contributed by atoms with Gasteiger partial charge in [0.25, 0.3) is 0 Å². The maximum absolute atomic E-state index is 6.36. The van der Waals surface area contributed by atoms with Gasteiger partial charge >= 0.3 is 0 Å². The molecule has 2 aliphatic carbocycles. The molecule has 1 saturated heterocycles. The van der Waals surface area contributed by atoms with Gasteiger partial charge in [-0.05, 0) is 47.1 Å². The highest BCUT2D eigenvalue weighted by Gasteiger charge is 2.69. The third-order valence-corrected chi connectivity index (χ3v) is 7.74. The topological polar surface area (TPSA) is 44.5 Å². The molecule has 0 amide bonds. The van der Waals surface area contributed by atoms with Crippen LogP contribution in [0.4, 0.5) is 0 Å². The standard InChI is InChI=1S/C20H28ClNO2/c1-19(2)14-8-9-20(19,3)18-13(14)11-17(24-18)23-16(22)10-12-6-4-5-7-15(12)21/h4-7,13-14,16-18H,8-11,22H2,1-3H3/t13-,14+,16+,17-,18-,20-/m0/s1.